The number of rotatable bonds is 17. The van der Waals surface area contributed by atoms with Gasteiger partial charge in [-0.05, 0) is 272 Å². The van der Waals surface area contributed by atoms with Gasteiger partial charge in [-0.3, -0.25) is 4.79 Å². The number of esters is 2. The number of hydrogen-bond acceptors (Lipinski definition) is 7. The van der Waals surface area contributed by atoms with Crippen LogP contribution in [0.25, 0.3) is 10.8 Å². The topological polar surface area (TPSA) is 113 Å². The molecule has 16 rings (SSSR count). The minimum atomic E-state index is -1.57. The summed E-state index contributed by atoms with van der Waals surface area (Å²) in [5.74, 6) is 3.46. The highest BCUT2D eigenvalue weighted by molar-refractivity contribution is 5.93. The average Bonchev–Trinajstić information content (AvgIpc) is 1.43. The van der Waals surface area contributed by atoms with Crippen LogP contribution in [0.4, 0.5) is 0 Å². The first kappa shape index (κ1) is 60.4. The smallest absolute Gasteiger partial charge is 0.331 e. The normalized spacial score (nSPS) is 42.9. The van der Waals surface area contributed by atoms with Crippen LogP contribution < -0.4 is 0 Å². The van der Waals surface area contributed by atoms with Crippen molar-refractivity contribution in [2.75, 3.05) is 6.61 Å². The van der Waals surface area contributed by atoms with Gasteiger partial charge in [-0.2, -0.15) is 0 Å². The molecule has 1 aliphatic heterocycles. The molecule has 8 fully saturated rings. The van der Waals surface area contributed by atoms with Crippen molar-refractivity contribution in [2.24, 2.45) is 86.3 Å². The molecule has 22 unspecified atom stereocenters. The van der Waals surface area contributed by atoms with E-state index in [9.17, 15) is 24.9 Å². The third kappa shape index (κ3) is 8.56. The summed E-state index contributed by atoms with van der Waals surface area (Å²) in [6.45, 7) is 13.5. The molecule has 0 amide bonds. The first-order valence-electron chi connectivity index (χ1n) is 36.9. The number of aryl methyl sites for hydroxylation is 1. The number of aliphatic hydroxyl groups is 3. The van der Waals surface area contributed by atoms with E-state index in [1.54, 1.807) is 40.6 Å². The number of ether oxygens (including phenoxy) is 2. The Morgan fingerprint density at radius 3 is 2.38 bits per heavy atom. The molecular formula is C83H106O7. The van der Waals surface area contributed by atoms with Gasteiger partial charge in [0.15, 0.2) is 0 Å². The van der Waals surface area contributed by atoms with Crippen LogP contribution in [0, 0.1) is 86.3 Å². The van der Waals surface area contributed by atoms with Gasteiger partial charge in [0.25, 0.3) is 0 Å². The molecular weight excluding hydrogens is 1110 g/mol. The van der Waals surface area contributed by atoms with Crippen molar-refractivity contribution >= 4 is 22.7 Å². The van der Waals surface area contributed by atoms with Crippen LogP contribution in [0.1, 0.15) is 241 Å². The van der Waals surface area contributed by atoms with Crippen LogP contribution in [-0.4, -0.2) is 57.8 Å². The maximum absolute atomic E-state index is 14.6. The number of cyclic esters (lactones) is 1. The third-order valence-corrected chi connectivity index (χ3v) is 30.2. The molecule has 1 heterocycles. The minimum Gasteiger partial charge on any atom is -0.462 e. The second kappa shape index (κ2) is 22.0. The fourth-order valence-electron chi connectivity index (χ4n) is 27.2. The molecule has 0 aromatic heterocycles. The standard InChI is InChI=1S/C83H106O7/c1-50(2)26-28-56-33-37-78-39-40-80(49-78)67-47-79(60-22-11-8-12-23-60)35-14-13-25-63(79)62-30-29-57-21-16-24-61-66-45-64(59-43-58(44-65(56)78)75(80)81(66,46-59)74(67)73(62)72(57)61)77(6)36-34-70(86)83(69(85)31-27-51(3)17-15-20-54-18-9-7-10-19-54)76(77)68(90-53(5)84)41-52(4)82(83,88)38-32-55-42-71(87)89-48-55/h7-12,16,18-19,21-24,29-30,42-43,50-52,56,59,63-70,74-76,85-86,88H,13-15,17,20,25-28,31-41,44-49H2,1-6H3. The molecule has 22 atom stereocenters. The second-order valence-electron chi connectivity index (χ2n) is 34.2. The lowest BCUT2D eigenvalue weighted by Crippen LogP contribution is -2.77. The van der Waals surface area contributed by atoms with Crippen molar-refractivity contribution in [3.8, 4) is 0 Å². The lowest BCUT2D eigenvalue weighted by atomic mass is 9.34. The molecule has 12 aliphatic rings. The lowest BCUT2D eigenvalue weighted by Gasteiger charge is -2.72. The number of hydrogen-bond donors (Lipinski definition) is 3. The molecule has 3 spiro atoms. The molecule has 4 aromatic rings. The number of carbonyl (C=O) groups excluding carboxylic acids is 2. The van der Waals surface area contributed by atoms with Gasteiger partial charge in [-0.1, -0.05) is 163 Å². The molecule has 11 aliphatic carbocycles. The van der Waals surface area contributed by atoms with Crippen molar-refractivity contribution in [1.82, 2.24) is 0 Å². The molecule has 4 bridgehead atoms. The van der Waals surface area contributed by atoms with Crippen LogP contribution in [-0.2, 0) is 30.9 Å². The van der Waals surface area contributed by atoms with Crippen molar-refractivity contribution < 1.29 is 34.4 Å². The number of allylic oxidation sites excluding steroid dienone is 2. The molecule has 0 saturated heterocycles. The van der Waals surface area contributed by atoms with Gasteiger partial charge in [0.1, 0.15) is 12.7 Å². The predicted octanol–water partition coefficient (Wildman–Crippen LogP) is 17.8. The van der Waals surface area contributed by atoms with Crippen LogP contribution in [0.15, 0.2) is 114 Å². The van der Waals surface area contributed by atoms with Crippen LogP contribution in [0.3, 0.4) is 0 Å². The zero-order valence-electron chi connectivity index (χ0n) is 55.4. The number of aliphatic hydroxyl groups excluding tert-OH is 2. The first-order valence-corrected chi connectivity index (χ1v) is 36.9. The van der Waals surface area contributed by atoms with Gasteiger partial charge in [0, 0.05) is 24.3 Å². The monoisotopic (exact) mass is 1210 g/mol. The lowest BCUT2D eigenvalue weighted by molar-refractivity contribution is -0.329. The van der Waals surface area contributed by atoms with Crippen LogP contribution in [0.5, 0.6) is 0 Å². The van der Waals surface area contributed by atoms with Crippen molar-refractivity contribution in [3.63, 3.8) is 0 Å². The van der Waals surface area contributed by atoms with E-state index in [0.717, 1.165) is 56.4 Å². The Labute approximate surface area is 538 Å². The molecule has 90 heavy (non-hydrogen) atoms. The Morgan fingerprint density at radius 1 is 0.789 bits per heavy atom. The Hall–Kier alpha value is -4.56. The van der Waals surface area contributed by atoms with Gasteiger partial charge in [-0.15, -0.1) is 0 Å². The predicted molar refractivity (Wildman–Crippen MR) is 356 cm³/mol. The highest BCUT2D eigenvalue weighted by Gasteiger charge is 2.81. The summed E-state index contributed by atoms with van der Waals surface area (Å²) in [5, 5.41) is 45.3. The van der Waals surface area contributed by atoms with Crippen LogP contribution in [0.2, 0.25) is 0 Å². The van der Waals surface area contributed by atoms with Gasteiger partial charge in [-0.25, -0.2) is 4.79 Å². The summed E-state index contributed by atoms with van der Waals surface area (Å²) in [7, 11) is 0. The summed E-state index contributed by atoms with van der Waals surface area (Å²) in [4.78, 5) is 26.8. The van der Waals surface area contributed by atoms with Crippen molar-refractivity contribution in [1.29, 1.82) is 0 Å². The van der Waals surface area contributed by atoms with Gasteiger partial charge < -0.3 is 24.8 Å². The fourth-order valence-corrected chi connectivity index (χ4v) is 27.2. The molecule has 3 N–H and O–H groups in total. The molecule has 7 heteroatoms. The zero-order valence-corrected chi connectivity index (χ0v) is 55.4. The third-order valence-electron chi connectivity index (χ3n) is 30.2. The van der Waals surface area contributed by atoms with E-state index in [0.29, 0.717) is 78.4 Å². The Balaban J connectivity index is 0.882. The van der Waals surface area contributed by atoms with Gasteiger partial charge in [0.2, 0.25) is 0 Å². The van der Waals surface area contributed by atoms with Gasteiger partial charge in [0.05, 0.1) is 23.2 Å². The maximum Gasteiger partial charge on any atom is 0.331 e. The van der Waals surface area contributed by atoms with E-state index >= 15 is 0 Å². The van der Waals surface area contributed by atoms with E-state index in [1.807, 2.05) is 5.57 Å². The first-order chi connectivity index (χ1) is 43.4. The quantitative estimate of drug-likeness (QED) is 0.0713. The summed E-state index contributed by atoms with van der Waals surface area (Å²) < 4.78 is 12.4. The van der Waals surface area contributed by atoms with E-state index in [2.05, 4.69) is 132 Å². The Kier molecular flexibility index (Phi) is 14.8. The van der Waals surface area contributed by atoms with E-state index in [4.69, 9.17) is 9.47 Å². The Morgan fingerprint density at radius 2 is 1.60 bits per heavy atom. The summed E-state index contributed by atoms with van der Waals surface area (Å²) in [6, 6.07) is 35.5. The van der Waals surface area contributed by atoms with Crippen LogP contribution >= 0.6 is 0 Å². The summed E-state index contributed by atoms with van der Waals surface area (Å²) in [6.07, 6.45) is 27.7. The van der Waals surface area contributed by atoms with Gasteiger partial charge >= 0.3 is 11.9 Å². The molecule has 0 radical (unpaired) electrons. The average molecular weight is 1220 g/mol. The molecule has 7 nitrogen and oxygen atoms in total. The summed E-state index contributed by atoms with van der Waals surface area (Å²) >= 11 is 0. The fraction of sp³-hybridized carbons (Fsp3) is 0.663. The largest absolute Gasteiger partial charge is 0.462 e. The number of carbonyl (C=O) groups is 2. The second-order valence-corrected chi connectivity index (χ2v) is 34.2. The highest BCUT2D eigenvalue weighted by Crippen LogP contribution is 2.89. The number of fused-ring (bicyclic) bond motifs is 5. The number of benzene rings is 4. The maximum atomic E-state index is 14.6. The minimum absolute atomic E-state index is 0.0275. The van der Waals surface area contributed by atoms with Crippen molar-refractivity contribution in [3.05, 3.63) is 142 Å². The Bertz CT molecular complexity index is 3490. The molecule has 4 aromatic carbocycles. The van der Waals surface area contributed by atoms with E-state index in [-0.39, 0.29) is 53.0 Å². The van der Waals surface area contributed by atoms with E-state index in [1.165, 1.54) is 94.4 Å². The van der Waals surface area contributed by atoms with Crippen molar-refractivity contribution in [2.45, 2.75) is 249 Å². The SMILES string of the molecule is CC(=O)OC1CC(C)C(O)(CCC2=CC(=O)OC2)C2(C(O)CCC(C)CCCc3ccccc3)C(O)CCC(C)(C3CC4c5cccc6ccc7c(c56)C5C(CC6(c8ccccc8)CCCCC76)C67CCC8(CCC(CCC(C)C)C8CC8=CC3CC45C86)C7)C12. The molecule has 480 valence electrons. The van der Waals surface area contributed by atoms with E-state index < -0.39 is 46.6 Å². The zero-order chi connectivity index (χ0) is 61.9. The molecule has 8 saturated carbocycles. The highest BCUT2D eigenvalue weighted by atomic mass is 16.5. The summed E-state index contributed by atoms with van der Waals surface area (Å²) in [5.41, 5.74) is 7.77.